The lowest BCUT2D eigenvalue weighted by Crippen LogP contribution is -2.28. The van der Waals surface area contributed by atoms with Crippen molar-refractivity contribution in [2.45, 2.75) is 131 Å². The van der Waals surface area contributed by atoms with Crippen molar-refractivity contribution < 1.29 is 42.9 Å². The zero-order chi connectivity index (χ0) is 30.5. The van der Waals surface area contributed by atoms with Crippen LogP contribution in [-0.4, -0.2) is 52.3 Å². The molecule has 232 valence electrons. The second-order valence-electron chi connectivity index (χ2n) is 11.6. The zero-order valence-corrected chi connectivity index (χ0v) is 25.6. The average Bonchev–Trinajstić information content (AvgIpc) is 3.33. The van der Waals surface area contributed by atoms with Gasteiger partial charge in [0.15, 0.2) is 0 Å². The Balaban J connectivity index is 1.94. The summed E-state index contributed by atoms with van der Waals surface area (Å²) < 4.78 is 27.8. The third-order valence-corrected chi connectivity index (χ3v) is 6.96. The number of carbonyl (C=O) groups excluding carboxylic acids is 4. The van der Waals surface area contributed by atoms with E-state index in [0.717, 1.165) is 24.5 Å². The van der Waals surface area contributed by atoms with E-state index in [1.807, 2.05) is 12.5 Å². The molecule has 3 atom stereocenters. The number of rotatable bonds is 15. The second kappa shape index (κ2) is 17.0. The van der Waals surface area contributed by atoms with Crippen LogP contribution in [0.1, 0.15) is 112 Å². The predicted molar refractivity (Wildman–Crippen MR) is 149 cm³/mol. The summed E-state index contributed by atoms with van der Waals surface area (Å²) in [7, 11) is 0. The van der Waals surface area contributed by atoms with Gasteiger partial charge >= 0.3 is 24.1 Å². The molecule has 0 radical (unpaired) electrons. The Morgan fingerprint density at radius 1 is 0.854 bits per heavy atom. The number of nitrogens with zero attached hydrogens (tertiary/aromatic N) is 2. The molecule has 1 aromatic heterocycles. The highest BCUT2D eigenvalue weighted by molar-refractivity contribution is 5.73. The van der Waals surface area contributed by atoms with Gasteiger partial charge in [0, 0.05) is 38.9 Å². The maximum atomic E-state index is 13.1. The monoisotopic (exact) mass is 580 g/mol. The summed E-state index contributed by atoms with van der Waals surface area (Å²) >= 11 is 0. The smallest absolute Gasteiger partial charge is 0.431 e. The van der Waals surface area contributed by atoms with E-state index in [1.165, 1.54) is 26.7 Å². The number of imidazole rings is 1. The molecule has 0 bridgehead atoms. The van der Waals surface area contributed by atoms with Crippen molar-refractivity contribution in [1.82, 2.24) is 9.55 Å². The second-order valence-corrected chi connectivity index (χ2v) is 11.6. The van der Waals surface area contributed by atoms with Gasteiger partial charge in [0.25, 0.3) is 0 Å². The van der Waals surface area contributed by atoms with Gasteiger partial charge in [-0.3, -0.25) is 14.4 Å². The molecule has 0 saturated heterocycles. The molecule has 1 heterocycles. The van der Waals surface area contributed by atoms with Gasteiger partial charge in [0.05, 0.1) is 30.0 Å². The predicted octanol–water partition coefficient (Wildman–Crippen LogP) is 5.89. The molecular formula is C30H48N2O9. The Bertz CT molecular complexity index is 982. The normalized spacial score (nSPS) is 19.2. The summed E-state index contributed by atoms with van der Waals surface area (Å²) in [6.45, 7) is 12.0. The van der Waals surface area contributed by atoms with Crippen molar-refractivity contribution in [2.75, 3.05) is 0 Å². The molecule has 1 aliphatic rings. The van der Waals surface area contributed by atoms with E-state index in [-0.39, 0.29) is 18.4 Å². The molecule has 0 spiro atoms. The zero-order valence-electron chi connectivity index (χ0n) is 25.6. The molecule has 0 aliphatic heterocycles. The van der Waals surface area contributed by atoms with Gasteiger partial charge in [0.1, 0.15) is 0 Å². The van der Waals surface area contributed by atoms with Gasteiger partial charge in [-0.25, -0.2) is 9.78 Å². The largest absolute Gasteiger partial charge is 0.511 e. The molecule has 11 nitrogen and oxygen atoms in total. The van der Waals surface area contributed by atoms with Crippen LogP contribution < -0.4 is 0 Å². The number of carbonyl (C=O) groups is 4. The summed E-state index contributed by atoms with van der Waals surface area (Å²) in [5, 5.41) is 0. The quantitative estimate of drug-likeness (QED) is 0.107. The van der Waals surface area contributed by atoms with Crippen LogP contribution in [0.15, 0.2) is 12.5 Å². The van der Waals surface area contributed by atoms with E-state index in [0.29, 0.717) is 31.7 Å². The van der Waals surface area contributed by atoms with Crippen LogP contribution in [0.4, 0.5) is 4.79 Å². The van der Waals surface area contributed by atoms with Crippen LogP contribution in [0, 0.1) is 17.8 Å². The molecule has 0 aromatic carbocycles. The van der Waals surface area contributed by atoms with Crippen molar-refractivity contribution in [3.8, 4) is 0 Å². The Kier molecular flexibility index (Phi) is 14.1. The van der Waals surface area contributed by atoms with Crippen molar-refractivity contribution in [1.29, 1.82) is 0 Å². The highest BCUT2D eigenvalue weighted by Crippen LogP contribution is 2.32. The Hall–Kier alpha value is -3.11. The lowest BCUT2D eigenvalue weighted by Gasteiger charge is -2.27. The fourth-order valence-electron chi connectivity index (χ4n) is 4.65. The van der Waals surface area contributed by atoms with E-state index < -0.39 is 42.6 Å². The van der Waals surface area contributed by atoms with E-state index in [9.17, 15) is 19.2 Å². The fraction of sp³-hybridized carbons (Fsp3) is 0.767. The number of ether oxygens (including phenoxy) is 5. The number of aromatic nitrogens is 2. The number of hydrogen-bond donors (Lipinski definition) is 0. The first kappa shape index (κ1) is 34.1. The lowest BCUT2D eigenvalue weighted by molar-refractivity contribution is -0.186. The van der Waals surface area contributed by atoms with E-state index >= 15 is 0 Å². The minimum Gasteiger partial charge on any atom is -0.431 e. The van der Waals surface area contributed by atoms with Crippen molar-refractivity contribution >= 4 is 24.1 Å². The summed E-state index contributed by atoms with van der Waals surface area (Å²) in [4.78, 5) is 53.3. The summed E-state index contributed by atoms with van der Waals surface area (Å²) in [6, 6.07) is 0.409. The molecule has 2 rings (SSSR count). The molecular weight excluding hydrogens is 532 g/mol. The van der Waals surface area contributed by atoms with Gasteiger partial charge in [-0.2, -0.15) is 0 Å². The standard InChI is InChI=1S/C30H48N2O9/c1-19(2)28(34)39-22(6)38-27(33)11-9-8-10-24(29(35)40-23(7)41-30(36)37-20(3)4)16-25-17-32(18-31-25)26-14-12-21(5)13-15-26/h17-24,26H,8-16H2,1-7H3/t21?,22?,23?,24-,26?/m0/s1. The first-order valence-electron chi connectivity index (χ1n) is 14.8. The first-order chi connectivity index (χ1) is 19.3. The van der Waals surface area contributed by atoms with Gasteiger partial charge in [-0.05, 0) is 58.3 Å². The fourth-order valence-corrected chi connectivity index (χ4v) is 4.65. The highest BCUT2D eigenvalue weighted by atomic mass is 16.8. The van der Waals surface area contributed by atoms with Crippen LogP contribution in [0.25, 0.3) is 0 Å². The molecule has 1 aliphatic carbocycles. The van der Waals surface area contributed by atoms with E-state index in [4.69, 9.17) is 23.7 Å². The Morgan fingerprint density at radius 2 is 1.49 bits per heavy atom. The Labute approximate surface area is 243 Å². The van der Waals surface area contributed by atoms with Crippen LogP contribution in [0.2, 0.25) is 0 Å². The molecule has 0 N–H and O–H groups in total. The van der Waals surface area contributed by atoms with Crippen LogP contribution in [0.5, 0.6) is 0 Å². The topological polar surface area (TPSA) is 132 Å². The van der Waals surface area contributed by atoms with Gasteiger partial charge in [-0.15, -0.1) is 0 Å². The molecule has 1 aromatic rings. The van der Waals surface area contributed by atoms with Gasteiger partial charge < -0.3 is 28.3 Å². The van der Waals surface area contributed by atoms with Crippen LogP contribution in [0.3, 0.4) is 0 Å². The molecule has 11 heteroatoms. The summed E-state index contributed by atoms with van der Waals surface area (Å²) in [5.41, 5.74) is 0.776. The molecule has 41 heavy (non-hydrogen) atoms. The minimum atomic E-state index is -1.12. The number of esters is 3. The molecule has 0 amide bonds. The van der Waals surface area contributed by atoms with Crippen molar-refractivity contribution in [3.05, 3.63) is 18.2 Å². The number of hydrogen-bond acceptors (Lipinski definition) is 10. The minimum absolute atomic E-state index is 0.112. The summed E-state index contributed by atoms with van der Waals surface area (Å²) in [6.07, 6.45) is 6.95. The number of unbranched alkanes of at least 4 members (excludes halogenated alkanes) is 1. The van der Waals surface area contributed by atoms with Crippen molar-refractivity contribution in [3.63, 3.8) is 0 Å². The molecule has 1 fully saturated rings. The maximum Gasteiger partial charge on any atom is 0.511 e. The average molecular weight is 581 g/mol. The van der Waals surface area contributed by atoms with Crippen LogP contribution in [-0.2, 0) is 44.5 Å². The SMILES string of the molecule is CC1CCC(n2cnc(C[C@H](CCCCC(=O)OC(C)OC(=O)C(C)C)C(=O)OC(C)OC(=O)OC(C)C)c2)CC1. The van der Waals surface area contributed by atoms with Crippen molar-refractivity contribution in [2.24, 2.45) is 17.8 Å². The van der Waals surface area contributed by atoms with Gasteiger partial charge in [-0.1, -0.05) is 27.2 Å². The lowest BCUT2D eigenvalue weighted by atomic mass is 9.87. The molecule has 1 saturated carbocycles. The van der Waals surface area contributed by atoms with E-state index in [2.05, 4.69) is 16.5 Å². The van der Waals surface area contributed by atoms with Gasteiger partial charge in [0.2, 0.25) is 12.6 Å². The third-order valence-electron chi connectivity index (χ3n) is 6.96. The van der Waals surface area contributed by atoms with E-state index in [1.54, 1.807) is 27.7 Å². The first-order valence-corrected chi connectivity index (χ1v) is 14.8. The molecule has 2 unspecified atom stereocenters. The maximum absolute atomic E-state index is 13.1. The highest BCUT2D eigenvalue weighted by Gasteiger charge is 2.26. The Morgan fingerprint density at radius 3 is 2.12 bits per heavy atom. The third kappa shape index (κ3) is 12.9. The van der Waals surface area contributed by atoms with Crippen LogP contribution >= 0.6 is 0 Å². The summed E-state index contributed by atoms with van der Waals surface area (Å²) in [5.74, 6) is -1.58.